The smallest absolute Gasteiger partial charge is 0.355 e. The number of nitrogens with one attached hydrogen (secondary N) is 1. The fourth-order valence-electron chi connectivity index (χ4n) is 3.81. The molecule has 0 saturated carbocycles. The Morgan fingerprint density at radius 3 is 2.54 bits per heavy atom. The molecule has 0 aliphatic heterocycles. The van der Waals surface area contributed by atoms with Gasteiger partial charge in [0.25, 0.3) is 0 Å². The highest BCUT2D eigenvalue weighted by atomic mass is 16.6. The fraction of sp³-hybridized carbons (Fsp3) is 0.478. The molecular formula is C23H29NO4. The van der Waals surface area contributed by atoms with Gasteiger partial charge in [0.1, 0.15) is 12.3 Å². The minimum atomic E-state index is -0.427. The van der Waals surface area contributed by atoms with Crippen molar-refractivity contribution in [3.63, 3.8) is 0 Å². The predicted octanol–water partition coefficient (Wildman–Crippen LogP) is 4.38. The summed E-state index contributed by atoms with van der Waals surface area (Å²) in [6, 6.07) is 8.48. The van der Waals surface area contributed by atoms with E-state index in [1.165, 1.54) is 11.1 Å². The zero-order valence-electron chi connectivity index (χ0n) is 17.0. The van der Waals surface area contributed by atoms with Gasteiger partial charge >= 0.3 is 5.97 Å². The third-order valence-corrected chi connectivity index (χ3v) is 5.36. The van der Waals surface area contributed by atoms with E-state index in [4.69, 9.17) is 9.47 Å². The third-order valence-electron chi connectivity index (χ3n) is 5.36. The van der Waals surface area contributed by atoms with Crippen LogP contribution in [0, 0.1) is 6.92 Å². The van der Waals surface area contributed by atoms with Crippen molar-refractivity contribution in [2.75, 3.05) is 19.8 Å². The third kappa shape index (κ3) is 4.36. The standard InChI is InChI=1S/C23H29NO4/c1-4-10-27-11-12-28-23(26)22-15(3)21-19(24-22)13-18(14-20(21)25)17-8-6-16(5-2)7-9-17/h6-9,18,24H,4-5,10-14H2,1-3H3/t18-/m0/s1. The van der Waals surface area contributed by atoms with E-state index in [0.717, 1.165) is 25.0 Å². The number of hydrogen-bond acceptors (Lipinski definition) is 4. The van der Waals surface area contributed by atoms with E-state index in [1.54, 1.807) is 0 Å². The number of fused-ring (bicyclic) bond motifs is 1. The van der Waals surface area contributed by atoms with Crippen LogP contribution in [0.25, 0.3) is 0 Å². The van der Waals surface area contributed by atoms with Crippen molar-refractivity contribution < 1.29 is 19.1 Å². The Balaban J connectivity index is 1.72. The molecule has 1 N–H and O–H groups in total. The van der Waals surface area contributed by atoms with E-state index in [0.29, 0.717) is 36.5 Å². The van der Waals surface area contributed by atoms with Gasteiger partial charge in [-0.05, 0) is 48.8 Å². The SMILES string of the molecule is CCCOCCOC(=O)c1[nH]c2c(c1C)C(=O)C[C@@H](c1ccc(CC)cc1)C2. The molecule has 1 heterocycles. The molecule has 0 amide bonds. The molecular weight excluding hydrogens is 354 g/mol. The molecule has 0 saturated heterocycles. The number of carbonyl (C=O) groups is 2. The van der Waals surface area contributed by atoms with E-state index in [-0.39, 0.29) is 18.3 Å². The van der Waals surface area contributed by atoms with Crippen LogP contribution in [0.2, 0.25) is 0 Å². The minimum absolute atomic E-state index is 0.0879. The summed E-state index contributed by atoms with van der Waals surface area (Å²) in [5, 5.41) is 0. The van der Waals surface area contributed by atoms with E-state index < -0.39 is 5.97 Å². The summed E-state index contributed by atoms with van der Waals surface area (Å²) in [6.07, 6.45) is 3.12. The fourth-order valence-corrected chi connectivity index (χ4v) is 3.81. The molecule has 150 valence electrons. The van der Waals surface area contributed by atoms with Crippen LogP contribution in [0.3, 0.4) is 0 Å². The number of esters is 1. The van der Waals surface area contributed by atoms with Crippen LogP contribution in [0.15, 0.2) is 24.3 Å². The number of carbonyl (C=O) groups excluding carboxylic acids is 2. The van der Waals surface area contributed by atoms with Crippen LogP contribution in [0.4, 0.5) is 0 Å². The summed E-state index contributed by atoms with van der Waals surface area (Å²) in [4.78, 5) is 28.4. The van der Waals surface area contributed by atoms with E-state index >= 15 is 0 Å². The first kappa shape index (κ1) is 20.3. The molecule has 5 heteroatoms. The van der Waals surface area contributed by atoms with Gasteiger partial charge in [0.15, 0.2) is 5.78 Å². The summed E-state index contributed by atoms with van der Waals surface area (Å²) in [5.74, 6) is -0.205. The zero-order chi connectivity index (χ0) is 20.1. The predicted molar refractivity (Wildman–Crippen MR) is 108 cm³/mol. The quantitative estimate of drug-likeness (QED) is 0.542. The van der Waals surface area contributed by atoms with Crippen molar-refractivity contribution in [2.45, 2.75) is 52.4 Å². The number of aryl methyl sites for hydroxylation is 1. The lowest BCUT2D eigenvalue weighted by Crippen LogP contribution is -2.18. The van der Waals surface area contributed by atoms with Crippen molar-refractivity contribution in [3.8, 4) is 0 Å². The largest absolute Gasteiger partial charge is 0.459 e. The van der Waals surface area contributed by atoms with Gasteiger partial charge in [0.2, 0.25) is 0 Å². The molecule has 0 unspecified atom stereocenters. The van der Waals surface area contributed by atoms with Gasteiger partial charge in [-0.15, -0.1) is 0 Å². The van der Waals surface area contributed by atoms with Gasteiger partial charge in [-0.3, -0.25) is 4.79 Å². The van der Waals surface area contributed by atoms with Gasteiger partial charge in [0, 0.05) is 24.3 Å². The summed E-state index contributed by atoms with van der Waals surface area (Å²) in [7, 11) is 0. The molecule has 28 heavy (non-hydrogen) atoms. The normalized spacial score (nSPS) is 16.1. The topological polar surface area (TPSA) is 68.4 Å². The van der Waals surface area contributed by atoms with Crippen LogP contribution < -0.4 is 0 Å². The summed E-state index contributed by atoms with van der Waals surface area (Å²) in [6.45, 7) is 7.22. The average Bonchev–Trinajstić information content (AvgIpc) is 3.04. The van der Waals surface area contributed by atoms with Crippen LogP contribution in [0.5, 0.6) is 0 Å². The Kier molecular flexibility index (Phi) is 6.68. The maximum Gasteiger partial charge on any atom is 0.355 e. The molecule has 2 aromatic rings. The Morgan fingerprint density at radius 1 is 1.11 bits per heavy atom. The molecule has 0 fully saturated rings. The highest BCUT2D eigenvalue weighted by Gasteiger charge is 2.32. The Labute approximate surface area is 166 Å². The minimum Gasteiger partial charge on any atom is -0.459 e. The van der Waals surface area contributed by atoms with E-state index in [2.05, 4.69) is 36.2 Å². The molecule has 1 aromatic heterocycles. The molecule has 5 nitrogen and oxygen atoms in total. The summed E-state index contributed by atoms with van der Waals surface area (Å²) >= 11 is 0. The highest BCUT2D eigenvalue weighted by molar-refractivity contribution is 6.03. The molecule has 0 bridgehead atoms. The first-order chi connectivity index (χ1) is 13.5. The number of benzene rings is 1. The molecule has 3 rings (SSSR count). The molecule has 1 atom stereocenters. The van der Waals surface area contributed by atoms with Crippen molar-refractivity contribution in [1.29, 1.82) is 0 Å². The number of ketones is 1. The lowest BCUT2D eigenvalue weighted by atomic mass is 9.81. The van der Waals surface area contributed by atoms with Gasteiger partial charge in [-0.1, -0.05) is 38.1 Å². The number of ether oxygens (including phenoxy) is 2. The monoisotopic (exact) mass is 383 g/mol. The Bertz CT molecular complexity index is 835. The first-order valence-electron chi connectivity index (χ1n) is 10.1. The second kappa shape index (κ2) is 9.20. The van der Waals surface area contributed by atoms with Gasteiger partial charge in [0.05, 0.1) is 6.61 Å². The van der Waals surface area contributed by atoms with Crippen LogP contribution in [-0.2, 0) is 22.3 Å². The maximum atomic E-state index is 12.8. The van der Waals surface area contributed by atoms with E-state index in [9.17, 15) is 9.59 Å². The highest BCUT2D eigenvalue weighted by Crippen LogP contribution is 2.35. The maximum absolute atomic E-state index is 12.8. The number of aromatic nitrogens is 1. The van der Waals surface area contributed by atoms with Gasteiger partial charge in [-0.25, -0.2) is 4.79 Å². The summed E-state index contributed by atoms with van der Waals surface area (Å²) < 4.78 is 10.6. The number of Topliss-reactive ketones (excluding diaryl/α,β-unsaturated/α-hetero) is 1. The average molecular weight is 383 g/mol. The van der Waals surface area contributed by atoms with Crippen LogP contribution in [-0.4, -0.2) is 36.6 Å². The van der Waals surface area contributed by atoms with Crippen LogP contribution in [0.1, 0.15) is 75.8 Å². The lowest BCUT2D eigenvalue weighted by Gasteiger charge is -2.22. The van der Waals surface area contributed by atoms with Crippen molar-refractivity contribution in [3.05, 3.63) is 57.9 Å². The molecule has 0 radical (unpaired) electrons. The second-order valence-corrected chi connectivity index (χ2v) is 7.35. The first-order valence-corrected chi connectivity index (χ1v) is 10.1. The second-order valence-electron chi connectivity index (χ2n) is 7.35. The summed E-state index contributed by atoms with van der Waals surface area (Å²) in [5.41, 5.74) is 5.04. The Hall–Kier alpha value is -2.40. The van der Waals surface area contributed by atoms with Crippen molar-refractivity contribution in [1.82, 2.24) is 4.98 Å². The van der Waals surface area contributed by atoms with Crippen molar-refractivity contribution >= 4 is 11.8 Å². The zero-order valence-corrected chi connectivity index (χ0v) is 17.0. The van der Waals surface area contributed by atoms with Crippen LogP contribution >= 0.6 is 0 Å². The van der Waals surface area contributed by atoms with Crippen molar-refractivity contribution in [2.24, 2.45) is 0 Å². The Morgan fingerprint density at radius 2 is 1.86 bits per heavy atom. The van der Waals surface area contributed by atoms with Gasteiger partial charge < -0.3 is 14.5 Å². The molecule has 0 spiro atoms. The molecule has 1 aromatic carbocycles. The number of H-pyrrole nitrogens is 1. The van der Waals surface area contributed by atoms with Gasteiger partial charge in [-0.2, -0.15) is 0 Å². The lowest BCUT2D eigenvalue weighted by molar-refractivity contribution is 0.0312. The number of hydrogen-bond donors (Lipinski definition) is 1. The molecule has 1 aliphatic carbocycles. The number of rotatable bonds is 8. The molecule has 1 aliphatic rings. The number of aromatic amines is 1. The van der Waals surface area contributed by atoms with E-state index in [1.807, 2.05) is 13.8 Å².